The number of hydrogen-bond donors (Lipinski definition) is 2. The van der Waals surface area contributed by atoms with Crippen molar-refractivity contribution in [3.63, 3.8) is 0 Å². The molecule has 3 atom stereocenters. The molecule has 1 heterocycles. The maximum atomic E-state index is 13.1. The lowest BCUT2D eigenvalue weighted by Gasteiger charge is -2.39. The van der Waals surface area contributed by atoms with Crippen LogP contribution in [-0.2, 0) is 21.0 Å². The van der Waals surface area contributed by atoms with Gasteiger partial charge in [-0.1, -0.05) is 12.1 Å². The molecule has 3 unspecified atom stereocenters. The number of carbonyl (C=O) groups is 1. The number of nitrogens with zero attached hydrogens (tertiary/aromatic N) is 1. The first-order valence-corrected chi connectivity index (χ1v) is 9.66. The predicted octanol–water partition coefficient (Wildman–Crippen LogP) is 1.58. The second-order valence-electron chi connectivity index (χ2n) is 6.35. The van der Waals surface area contributed by atoms with Gasteiger partial charge in [0.2, 0.25) is 15.9 Å². The predicted molar refractivity (Wildman–Crippen MR) is 89.9 cm³/mol. The Labute approximate surface area is 150 Å². The molecule has 1 aliphatic rings. The lowest BCUT2D eigenvalue weighted by Crippen LogP contribution is -2.60. The molecule has 0 saturated carbocycles. The molecule has 26 heavy (non-hydrogen) atoms. The van der Waals surface area contributed by atoms with Crippen LogP contribution >= 0.6 is 0 Å². The summed E-state index contributed by atoms with van der Waals surface area (Å²) in [6.07, 6.45) is -4.82. The third kappa shape index (κ3) is 4.36. The number of hydrogen-bond acceptors (Lipinski definition) is 4. The van der Waals surface area contributed by atoms with E-state index in [1.807, 2.05) is 13.8 Å². The molecule has 2 N–H and O–H groups in total. The normalized spacial score (nSPS) is 22.9. The highest BCUT2D eigenvalue weighted by molar-refractivity contribution is 7.89. The number of nitrogens with one attached hydrogen (secondary N) is 2. The molecular weight excluding hydrogens is 371 g/mol. The molecule has 146 valence electrons. The summed E-state index contributed by atoms with van der Waals surface area (Å²) in [6.45, 7) is 6.02. The first-order chi connectivity index (χ1) is 11.9. The summed E-state index contributed by atoms with van der Waals surface area (Å²) >= 11 is 0. The number of sulfonamides is 1. The number of piperazine rings is 1. The molecule has 0 radical (unpaired) electrons. The fourth-order valence-electron chi connectivity index (χ4n) is 2.90. The molecule has 1 aromatic rings. The van der Waals surface area contributed by atoms with Gasteiger partial charge in [-0.3, -0.25) is 4.79 Å². The standard InChI is InChI=1S/C16H22F3N3O3S/c1-10-12(3)22(9-8-20-10)15(23)11(2)21-26(24,25)14-7-5-4-6-13(14)16(17,18)19/h4-7,10-12,20-21H,8-9H2,1-3H3. The van der Waals surface area contributed by atoms with Crippen LogP contribution in [0.5, 0.6) is 0 Å². The van der Waals surface area contributed by atoms with E-state index in [4.69, 9.17) is 0 Å². The minimum Gasteiger partial charge on any atom is -0.336 e. The Morgan fingerprint density at radius 1 is 1.31 bits per heavy atom. The van der Waals surface area contributed by atoms with Gasteiger partial charge in [0.15, 0.2) is 0 Å². The van der Waals surface area contributed by atoms with Crippen LogP contribution in [0.2, 0.25) is 0 Å². The summed E-state index contributed by atoms with van der Waals surface area (Å²) in [5.41, 5.74) is -1.27. The van der Waals surface area contributed by atoms with Crippen LogP contribution in [0.25, 0.3) is 0 Å². The number of benzene rings is 1. The summed E-state index contributed by atoms with van der Waals surface area (Å²) in [4.78, 5) is 13.2. The van der Waals surface area contributed by atoms with Crippen LogP contribution in [0.3, 0.4) is 0 Å². The Kier molecular flexibility index (Phi) is 5.99. The van der Waals surface area contributed by atoms with Gasteiger partial charge in [-0.05, 0) is 32.9 Å². The molecule has 0 aromatic heterocycles. The van der Waals surface area contributed by atoms with Crippen LogP contribution in [0.15, 0.2) is 29.2 Å². The van der Waals surface area contributed by atoms with Crippen molar-refractivity contribution < 1.29 is 26.4 Å². The van der Waals surface area contributed by atoms with E-state index >= 15 is 0 Å². The molecular formula is C16H22F3N3O3S. The van der Waals surface area contributed by atoms with E-state index in [0.29, 0.717) is 19.2 Å². The van der Waals surface area contributed by atoms with Crippen molar-refractivity contribution in [2.75, 3.05) is 13.1 Å². The van der Waals surface area contributed by atoms with Gasteiger partial charge in [0, 0.05) is 25.2 Å². The zero-order valence-electron chi connectivity index (χ0n) is 14.7. The van der Waals surface area contributed by atoms with Gasteiger partial charge in [0.1, 0.15) is 0 Å². The Balaban J connectivity index is 2.23. The molecule has 1 saturated heterocycles. The molecule has 1 aliphatic heterocycles. The third-order valence-electron chi connectivity index (χ3n) is 4.50. The van der Waals surface area contributed by atoms with Gasteiger partial charge in [-0.2, -0.15) is 17.9 Å². The monoisotopic (exact) mass is 393 g/mol. The second-order valence-corrected chi connectivity index (χ2v) is 8.03. The van der Waals surface area contributed by atoms with Gasteiger partial charge in [0.05, 0.1) is 16.5 Å². The molecule has 1 fully saturated rings. The number of halogens is 3. The Hall–Kier alpha value is -1.65. The summed E-state index contributed by atoms with van der Waals surface area (Å²) in [6, 6.07) is 2.57. The summed E-state index contributed by atoms with van der Waals surface area (Å²) < 4.78 is 66.2. The van der Waals surface area contributed by atoms with Crippen LogP contribution < -0.4 is 10.0 Å². The summed E-state index contributed by atoms with van der Waals surface area (Å²) in [5, 5.41) is 3.20. The third-order valence-corrected chi connectivity index (χ3v) is 6.10. The van der Waals surface area contributed by atoms with Crippen LogP contribution in [-0.4, -0.2) is 50.4 Å². The SMILES string of the molecule is CC(NS(=O)(=O)c1ccccc1C(F)(F)F)C(=O)N1CCNC(C)C1C. The smallest absolute Gasteiger partial charge is 0.336 e. The first kappa shape index (κ1) is 20.7. The van der Waals surface area contributed by atoms with Gasteiger partial charge < -0.3 is 10.2 Å². The number of rotatable bonds is 4. The van der Waals surface area contributed by atoms with E-state index in [2.05, 4.69) is 10.0 Å². The topological polar surface area (TPSA) is 78.5 Å². The van der Waals surface area contributed by atoms with Crippen LogP contribution in [0.1, 0.15) is 26.3 Å². The van der Waals surface area contributed by atoms with E-state index in [0.717, 1.165) is 12.1 Å². The quantitative estimate of drug-likeness (QED) is 0.814. The molecule has 1 amide bonds. The maximum Gasteiger partial charge on any atom is 0.417 e. The fourth-order valence-corrected chi connectivity index (χ4v) is 4.32. The molecule has 0 spiro atoms. The number of carbonyl (C=O) groups excluding carboxylic acids is 1. The number of alkyl halides is 3. The molecule has 10 heteroatoms. The Morgan fingerprint density at radius 3 is 2.54 bits per heavy atom. The fraction of sp³-hybridized carbons (Fsp3) is 0.562. The van der Waals surface area contributed by atoms with Gasteiger partial charge in [-0.15, -0.1) is 0 Å². The van der Waals surface area contributed by atoms with Crippen molar-refractivity contribution in [3.05, 3.63) is 29.8 Å². The van der Waals surface area contributed by atoms with Crippen molar-refractivity contribution in [1.82, 2.24) is 14.9 Å². The van der Waals surface area contributed by atoms with E-state index in [-0.39, 0.29) is 12.1 Å². The lowest BCUT2D eigenvalue weighted by atomic mass is 10.1. The Bertz CT molecular complexity index is 767. The first-order valence-electron chi connectivity index (χ1n) is 8.17. The molecule has 0 aliphatic carbocycles. The van der Waals surface area contributed by atoms with E-state index in [1.54, 1.807) is 0 Å². The molecule has 2 rings (SSSR count). The van der Waals surface area contributed by atoms with Crippen molar-refractivity contribution in [2.24, 2.45) is 0 Å². The zero-order valence-corrected chi connectivity index (χ0v) is 15.5. The zero-order chi connectivity index (χ0) is 19.7. The van der Waals surface area contributed by atoms with E-state index in [9.17, 15) is 26.4 Å². The van der Waals surface area contributed by atoms with Gasteiger partial charge >= 0.3 is 6.18 Å². The highest BCUT2D eigenvalue weighted by Crippen LogP contribution is 2.33. The lowest BCUT2D eigenvalue weighted by molar-refractivity contribution is -0.139. The number of amides is 1. The van der Waals surface area contributed by atoms with Crippen LogP contribution in [0.4, 0.5) is 13.2 Å². The van der Waals surface area contributed by atoms with Crippen molar-refractivity contribution >= 4 is 15.9 Å². The summed E-state index contributed by atoms with van der Waals surface area (Å²) in [5.74, 6) is -0.473. The highest BCUT2D eigenvalue weighted by atomic mass is 32.2. The largest absolute Gasteiger partial charge is 0.417 e. The maximum absolute atomic E-state index is 13.1. The van der Waals surface area contributed by atoms with E-state index in [1.165, 1.54) is 17.9 Å². The minimum absolute atomic E-state index is 0.0301. The van der Waals surface area contributed by atoms with Gasteiger partial charge in [-0.25, -0.2) is 8.42 Å². The molecule has 1 aromatic carbocycles. The van der Waals surface area contributed by atoms with Crippen LogP contribution in [0, 0.1) is 0 Å². The molecule has 0 bridgehead atoms. The average Bonchev–Trinajstić information content (AvgIpc) is 2.55. The minimum atomic E-state index is -4.82. The second kappa shape index (κ2) is 7.53. The van der Waals surface area contributed by atoms with Crippen molar-refractivity contribution in [1.29, 1.82) is 0 Å². The van der Waals surface area contributed by atoms with Gasteiger partial charge in [0.25, 0.3) is 0 Å². The van der Waals surface area contributed by atoms with E-state index < -0.39 is 38.6 Å². The highest BCUT2D eigenvalue weighted by Gasteiger charge is 2.38. The van der Waals surface area contributed by atoms with Crippen molar-refractivity contribution in [3.8, 4) is 0 Å². The molecule has 6 nitrogen and oxygen atoms in total. The Morgan fingerprint density at radius 2 is 1.92 bits per heavy atom. The summed E-state index contributed by atoms with van der Waals surface area (Å²) in [7, 11) is -4.52. The average molecular weight is 393 g/mol. The van der Waals surface area contributed by atoms with Crippen molar-refractivity contribution in [2.45, 2.75) is 50.0 Å².